The first-order valence-corrected chi connectivity index (χ1v) is 8.02. The lowest BCUT2D eigenvalue weighted by Crippen LogP contribution is -2.43. The van der Waals surface area contributed by atoms with Crippen molar-refractivity contribution in [2.75, 3.05) is 19.6 Å². The van der Waals surface area contributed by atoms with Crippen molar-refractivity contribution in [3.63, 3.8) is 0 Å². The standard InChI is InChI=1S/C12H22N4O2S/c1-12(2)4-3-6-16(10-12)19(17,18)11-8-14-15(9-11)7-5-13/h8-9H,3-7,10,13H2,1-2H3. The van der Waals surface area contributed by atoms with Gasteiger partial charge in [-0.15, -0.1) is 0 Å². The molecule has 0 aliphatic carbocycles. The molecule has 108 valence electrons. The van der Waals surface area contributed by atoms with Crippen LogP contribution in [0.1, 0.15) is 26.7 Å². The van der Waals surface area contributed by atoms with E-state index < -0.39 is 10.0 Å². The highest BCUT2D eigenvalue weighted by atomic mass is 32.2. The van der Waals surface area contributed by atoms with E-state index in [1.54, 1.807) is 15.2 Å². The van der Waals surface area contributed by atoms with E-state index in [2.05, 4.69) is 18.9 Å². The van der Waals surface area contributed by atoms with Gasteiger partial charge in [-0.3, -0.25) is 4.68 Å². The monoisotopic (exact) mass is 286 g/mol. The van der Waals surface area contributed by atoms with Gasteiger partial charge in [-0.2, -0.15) is 9.40 Å². The molecule has 7 heteroatoms. The topological polar surface area (TPSA) is 81.2 Å². The summed E-state index contributed by atoms with van der Waals surface area (Å²) < 4.78 is 28.2. The minimum atomic E-state index is -3.42. The maximum absolute atomic E-state index is 12.5. The van der Waals surface area contributed by atoms with Crippen LogP contribution in [0.25, 0.3) is 0 Å². The fraction of sp³-hybridized carbons (Fsp3) is 0.750. The van der Waals surface area contributed by atoms with Crippen LogP contribution in [0.5, 0.6) is 0 Å². The number of rotatable bonds is 4. The van der Waals surface area contributed by atoms with E-state index in [1.807, 2.05) is 0 Å². The van der Waals surface area contributed by atoms with Gasteiger partial charge in [0.25, 0.3) is 0 Å². The van der Waals surface area contributed by atoms with Crippen molar-refractivity contribution in [2.45, 2.75) is 38.1 Å². The lowest BCUT2D eigenvalue weighted by atomic mass is 9.85. The molecule has 0 radical (unpaired) electrons. The predicted octanol–water partition coefficient (Wildman–Crippen LogP) is 0.653. The number of hydrogen-bond donors (Lipinski definition) is 1. The van der Waals surface area contributed by atoms with Crippen LogP contribution in [0.15, 0.2) is 17.3 Å². The summed E-state index contributed by atoms with van der Waals surface area (Å²) in [5.74, 6) is 0. The summed E-state index contributed by atoms with van der Waals surface area (Å²) in [7, 11) is -3.42. The highest BCUT2D eigenvalue weighted by Gasteiger charge is 2.34. The fourth-order valence-corrected chi connectivity index (χ4v) is 4.08. The van der Waals surface area contributed by atoms with E-state index in [-0.39, 0.29) is 10.3 Å². The van der Waals surface area contributed by atoms with Gasteiger partial charge in [-0.05, 0) is 18.3 Å². The van der Waals surface area contributed by atoms with Gasteiger partial charge in [0, 0.05) is 25.8 Å². The van der Waals surface area contributed by atoms with Crippen molar-refractivity contribution in [3.05, 3.63) is 12.4 Å². The van der Waals surface area contributed by atoms with Gasteiger partial charge in [0.1, 0.15) is 4.90 Å². The predicted molar refractivity (Wildman–Crippen MR) is 73.1 cm³/mol. The summed E-state index contributed by atoms with van der Waals surface area (Å²) in [6, 6.07) is 0. The molecule has 2 N–H and O–H groups in total. The lowest BCUT2D eigenvalue weighted by Gasteiger charge is -2.36. The first-order chi connectivity index (χ1) is 8.85. The maximum atomic E-state index is 12.5. The van der Waals surface area contributed by atoms with E-state index in [1.165, 1.54) is 6.20 Å². The summed E-state index contributed by atoms with van der Waals surface area (Å²) in [6.07, 6.45) is 4.94. The van der Waals surface area contributed by atoms with Crippen molar-refractivity contribution in [3.8, 4) is 0 Å². The molecule has 0 bridgehead atoms. The molecule has 6 nitrogen and oxygen atoms in total. The number of nitrogens with two attached hydrogens (primary N) is 1. The Morgan fingerprint density at radius 1 is 1.47 bits per heavy atom. The van der Waals surface area contributed by atoms with E-state index in [0.29, 0.717) is 26.2 Å². The van der Waals surface area contributed by atoms with Crippen LogP contribution in [-0.2, 0) is 16.6 Å². The fourth-order valence-electron chi connectivity index (χ4n) is 2.46. The zero-order chi connectivity index (χ0) is 14.1. The van der Waals surface area contributed by atoms with E-state index in [9.17, 15) is 8.42 Å². The minimum absolute atomic E-state index is 0.0403. The number of sulfonamides is 1. The molecule has 0 unspecified atom stereocenters. The van der Waals surface area contributed by atoms with Gasteiger partial charge < -0.3 is 5.73 Å². The van der Waals surface area contributed by atoms with Gasteiger partial charge in [-0.25, -0.2) is 8.42 Å². The molecule has 1 aromatic heterocycles. The molecule has 2 rings (SSSR count). The Hall–Kier alpha value is -0.920. The number of aromatic nitrogens is 2. The zero-order valence-corrected chi connectivity index (χ0v) is 12.4. The molecule has 1 saturated heterocycles. The van der Waals surface area contributed by atoms with E-state index in [4.69, 9.17) is 5.73 Å². The van der Waals surface area contributed by atoms with E-state index in [0.717, 1.165) is 12.8 Å². The highest BCUT2D eigenvalue weighted by molar-refractivity contribution is 7.89. The molecular formula is C12H22N4O2S. The Labute approximate surface area is 114 Å². The number of nitrogens with zero attached hydrogens (tertiary/aromatic N) is 3. The van der Waals surface area contributed by atoms with Gasteiger partial charge >= 0.3 is 0 Å². The molecule has 1 fully saturated rings. The zero-order valence-electron chi connectivity index (χ0n) is 11.5. The van der Waals surface area contributed by atoms with Gasteiger partial charge in [0.2, 0.25) is 10.0 Å². The molecule has 19 heavy (non-hydrogen) atoms. The molecule has 0 saturated carbocycles. The molecule has 1 aliphatic heterocycles. The van der Waals surface area contributed by atoms with Crippen molar-refractivity contribution >= 4 is 10.0 Å². The van der Waals surface area contributed by atoms with Crippen LogP contribution in [-0.4, -0.2) is 42.1 Å². The first-order valence-electron chi connectivity index (χ1n) is 6.58. The quantitative estimate of drug-likeness (QED) is 0.881. The summed E-state index contributed by atoms with van der Waals surface area (Å²) >= 11 is 0. The third-order valence-corrected chi connectivity index (χ3v) is 5.27. The average Bonchev–Trinajstić information content (AvgIpc) is 2.77. The molecular weight excluding hydrogens is 264 g/mol. The molecule has 0 aromatic carbocycles. The molecule has 0 atom stereocenters. The van der Waals surface area contributed by atoms with Crippen molar-refractivity contribution in [1.82, 2.24) is 14.1 Å². The van der Waals surface area contributed by atoms with E-state index >= 15 is 0 Å². The van der Waals surface area contributed by atoms with Crippen LogP contribution in [0.4, 0.5) is 0 Å². The SMILES string of the molecule is CC1(C)CCCN(S(=O)(=O)c2cnn(CCN)c2)C1. The largest absolute Gasteiger partial charge is 0.329 e. The third kappa shape index (κ3) is 3.16. The molecule has 1 aromatic rings. The highest BCUT2D eigenvalue weighted by Crippen LogP contribution is 2.31. The van der Waals surface area contributed by atoms with Crippen LogP contribution >= 0.6 is 0 Å². The van der Waals surface area contributed by atoms with Crippen molar-refractivity contribution in [2.24, 2.45) is 11.1 Å². The second kappa shape index (κ2) is 5.22. The second-order valence-electron chi connectivity index (χ2n) is 5.83. The molecule has 0 amide bonds. The Balaban J connectivity index is 2.21. The minimum Gasteiger partial charge on any atom is -0.329 e. The smallest absolute Gasteiger partial charge is 0.246 e. The Morgan fingerprint density at radius 3 is 2.84 bits per heavy atom. The van der Waals surface area contributed by atoms with Crippen LogP contribution in [0.3, 0.4) is 0 Å². The summed E-state index contributed by atoms with van der Waals surface area (Å²) in [5, 5.41) is 4.03. The Bertz CT molecular complexity index is 536. The third-order valence-electron chi connectivity index (χ3n) is 3.47. The number of piperidine rings is 1. The summed E-state index contributed by atoms with van der Waals surface area (Å²) in [6.45, 7) is 6.34. The van der Waals surface area contributed by atoms with Gasteiger partial charge in [0.15, 0.2) is 0 Å². The van der Waals surface area contributed by atoms with Crippen LogP contribution < -0.4 is 5.73 Å². The first kappa shape index (κ1) is 14.5. The Kier molecular flexibility index (Phi) is 3.98. The van der Waals surface area contributed by atoms with Crippen molar-refractivity contribution in [1.29, 1.82) is 0 Å². The number of hydrogen-bond acceptors (Lipinski definition) is 4. The summed E-state index contributed by atoms with van der Waals surface area (Å²) in [4.78, 5) is 0.263. The lowest BCUT2D eigenvalue weighted by molar-refractivity contribution is 0.187. The average molecular weight is 286 g/mol. The normalized spacial score (nSPS) is 20.6. The second-order valence-corrected chi connectivity index (χ2v) is 7.77. The molecule has 0 spiro atoms. The maximum Gasteiger partial charge on any atom is 0.246 e. The van der Waals surface area contributed by atoms with Gasteiger partial charge in [0.05, 0.1) is 12.7 Å². The van der Waals surface area contributed by atoms with Crippen LogP contribution in [0, 0.1) is 5.41 Å². The van der Waals surface area contributed by atoms with Gasteiger partial charge in [-0.1, -0.05) is 13.8 Å². The van der Waals surface area contributed by atoms with Crippen LogP contribution in [0.2, 0.25) is 0 Å². The summed E-state index contributed by atoms with van der Waals surface area (Å²) in [5.41, 5.74) is 5.48. The molecule has 2 heterocycles. The molecule has 1 aliphatic rings. The Morgan fingerprint density at radius 2 is 2.21 bits per heavy atom. The van der Waals surface area contributed by atoms with Crippen molar-refractivity contribution < 1.29 is 8.42 Å².